The summed E-state index contributed by atoms with van der Waals surface area (Å²) in [7, 11) is 0. The van der Waals surface area contributed by atoms with Gasteiger partial charge in [0, 0.05) is 25.7 Å². The van der Waals surface area contributed by atoms with Crippen LogP contribution in [-0.4, -0.2) is 43.8 Å². The van der Waals surface area contributed by atoms with Crippen LogP contribution < -0.4 is 5.73 Å². The Labute approximate surface area is 82.2 Å². The van der Waals surface area contributed by atoms with E-state index in [0.717, 1.165) is 39.3 Å². The molecular formula is C10H24N2O. The molecule has 1 unspecified atom stereocenters. The van der Waals surface area contributed by atoms with Crippen LogP contribution in [0.5, 0.6) is 0 Å². The van der Waals surface area contributed by atoms with E-state index in [4.69, 9.17) is 10.5 Å². The molecule has 0 saturated carbocycles. The van der Waals surface area contributed by atoms with Crippen molar-refractivity contribution < 1.29 is 4.74 Å². The first-order valence-electron chi connectivity index (χ1n) is 5.30. The smallest absolute Gasteiger partial charge is 0.0593 e. The molecule has 0 saturated heterocycles. The average molecular weight is 188 g/mol. The van der Waals surface area contributed by atoms with Gasteiger partial charge in [-0.25, -0.2) is 0 Å². The minimum absolute atomic E-state index is 0.307. The topological polar surface area (TPSA) is 38.5 Å². The summed E-state index contributed by atoms with van der Waals surface area (Å²) in [4.78, 5) is 2.34. The van der Waals surface area contributed by atoms with E-state index < -0.39 is 0 Å². The van der Waals surface area contributed by atoms with Crippen molar-refractivity contribution in [2.24, 2.45) is 5.73 Å². The Morgan fingerprint density at radius 3 is 2.46 bits per heavy atom. The summed E-state index contributed by atoms with van der Waals surface area (Å²) in [5, 5.41) is 0. The van der Waals surface area contributed by atoms with Gasteiger partial charge >= 0.3 is 0 Å². The molecule has 0 rings (SSSR count). The molecule has 0 heterocycles. The minimum Gasteiger partial charge on any atom is -0.380 e. The Morgan fingerprint density at radius 2 is 2.00 bits per heavy atom. The number of hydrogen-bond donors (Lipinski definition) is 1. The quantitative estimate of drug-likeness (QED) is 0.579. The molecule has 0 aromatic heterocycles. The fourth-order valence-electron chi connectivity index (χ4n) is 1.18. The van der Waals surface area contributed by atoms with Crippen LogP contribution in [0.1, 0.15) is 27.2 Å². The normalized spacial score (nSPS) is 13.6. The lowest BCUT2D eigenvalue weighted by molar-refractivity contribution is 0.113. The van der Waals surface area contributed by atoms with E-state index in [2.05, 4.69) is 18.7 Å². The second-order valence-electron chi connectivity index (χ2n) is 3.26. The van der Waals surface area contributed by atoms with E-state index in [1.165, 1.54) is 0 Å². The predicted octanol–water partition coefficient (Wildman–Crippen LogP) is 1.08. The van der Waals surface area contributed by atoms with Crippen LogP contribution in [0, 0.1) is 0 Å². The van der Waals surface area contributed by atoms with Crippen LogP contribution in [0.3, 0.4) is 0 Å². The fraction of sp³-hybridized carbons (Fsp3) is 1.00. The Bertz CT molecular complexity index is 109. The highest BCUT2D eigenvalue weighted by Crippen LogP contribution is 1.94. The van der Waals surface area contributed by atoms with Crippen molar-refractivity contribution in [3.8, 4) is 0 Å². The highest BCUT2D eigenvalue weighted by atomic mass is 16.5. The van der Waals surface area contributed by atoms with Crippen LogP contribution >= 0.6 is 0 Å². The standard InChI is InChI=1S/C10H24N2O/c1-4-10(11)9-12(5-2)7-8-13-6-3/h10H,4-9,11H2,1-3H3. The number of nitrogens with two attached hydrogens (primary N) is 1. The molecule has 0 spiro atoms. The molecule has 2 N–H and O–H groups in total. The van der Waals surface area contributed by atoms with Crippen molar-refractivity contribution in [2.45, 2.75) is 33.2 Å². The van der Waals surface area contributed by atoms with Gasteiger partial charge in [-0.1, -0.05) is 13.8 Å². The molecule has 0 aliphatic rings. The summed E-state index contributed by atoms with van der Waals surface area (Å²) < 4.78 is 5.30. The van der Waals surface area contributed by atoms with Gasteiger partial charge in [0.1, 0.15) is 0 Å². The lowest BCUT2D eigenvalue weighted by atomic mass is 10.2. The van der Waals surface area contributed by atoms with Crippen molar-refractivity contribution in [3.63, 3.8) is 0 Å². The summed E-state index contributed by atoms with van der Waals surface area (Å²) in [6.45, 7) is 11.0. The maximum atomic E-state index is 5.87. The van der Waals surface area contributed by atoms with Crippen LogP contribution in [0.2, 0.25) is 0 Å². The fourth-order valence-corrected chi connectivity index (χ4v) is 1.18. The molecule has 3 nitrogen and oxygen atoms in total. The van der Waals surface area contributed by atoms with E-state index in [1.54, 1.807) is 0 Å². The number of hydrogen-bond acceptors (Lipinski definition) is 3. The van der Waals surface area contributed by atoms with E-state index >= 15 is 0 Å². The summed E-state index contributed by atoms with van der Waals surface area (Å²) in [6, 6.07) is 0.307. The molecule has 0 aliphatic heterocycles. The maximum absolute atomic E-state index is 5.87. The first kappa shape index (κ1) is 12.9. The van der Waals surface area contributed by atoms with Crippen molar-refractivity contribution >= 4 is 0 Å². The molecule has 1 atom stereocenters. The molecule has 0 aromatic carbocycles. The molecule has 0 fully saturated rings. The van der Waals surface area contributed by atoms with Gasteiger partial charge < -0.3 is 10.5 Å². The zero-order valence-electron chi connectivity index (χ0n) is 9.25. The third-order valence-electron chi connectivity index (χ3n) is 2.22. The Balaban J connectivity index is 3.50. The molecule has 0 aromatic rings. The molecule has 80 valence electrons. The van der Waals surface area contributed by atoms with E-state index in [-0.39, 0.29) is 0 Å². The first-order chi connectivity index (χ1) is 6.24. The number of nitrogens with zero attached hydrogens (tertiary/aromatic N) is 1. The van der Waals surface area contributed by atoms with Gasteiger partial charge in [0.05, 0.1) is 6.61 Å². The molecule has 0 aliphatic carbocycles. The highest BCUT2D eigenvalue weighted by Gasteiger charge is 2.06. The monoisotopic (exact) mass is 188 g/mol. The van der Waals surface area contributed by atoms with Gasteiger partial charge in [-0.2, -0.15) is 0 Å². The first-order valence-corrected chi connectivity index (χ1v) is 5.30. The van der Waals surface area contributed by atoms with E-state index in [0.29, 0.717) is 6.04 Å². The van der Waals surface area contributed by atoms with Gasteiger partial charge in [-0.3, -0.25) is 4.90 Å². The van der Waals surface area contributed by atoms with Crippen molar-refractivity contribution in [1.29, 1.82) is 0 Å². The van der Waals surface area contributed by atoms with Crippen molar-refractivity contribution in [1.82, 2.24) is 4.90 Å². The summed E-state index contributed by atoms with van der Waals surface area (Å²) >= 11 is 0. The number of ether oxygens (including phenoxy) is 1. The van der Waals surface area contributed by atoms with Crippen molar-refractivity contribution in [3.05, 3.63) is 0 Å². The average Bonchev–Trinajstić information content (AvgIpc) is 2.16. The Hall–Kier alpha value is -0.120. The maximum Gasteiger partial charge on any atom is 0.0593 e. The van der Waals surface area contributed by atoms with Gasteiger partial charge in [0.15, 0.2) is 0 Å². The third kappa shape index (κ3) is 6.99. The van der Waals surface area contributed by atoms with Gasteiger partial charge in [0.25, 0.3) is 0 Å². The largest absolute Gasteiger partial charge is 0.380 e. The minimum atomic E-state index is 0.307. The van der Waals surface area contributed by atoms with Gasteiger partial charge in [0.2, 0.25) is 0 Å². The highest BCUT2D eigenvalue weighted by molar-refractivity contribution is 4.65. The molecular weight excluding hydrogens is 164 g/mol. The van der Waals surface area contributed by atoms with E-state index in [9.17, 15) is 0 Å². The lowest BCUT2D eigenvalue weighted by Crippen LogP contribution is -2.38. The molecule has 0 amide bonds. The number of rotatable bonds is 8. The predicted molar refractivity (Wildman–Crippen MR) is 56.9 cm³/mol. The molecule has 0 radical (unpaired) electrons. The zero-order chi connectivity index (χ0) is 10.1. The molecule has 3 heteroatoms. The third-order valence-corrected chi connectivity index (χ3v) is 2.22. The Kier molecular flexibility index (Phi) is 8.40. The zero-order valence-corrected chi connectivity index (χ0v) is 9.25. The second-order valence-corrected chi connectivity index (χ2v) is 3.26. The molecule has 0 bridgehead atoms. The lowest BCUT2D eigenvalue weighted by Gasteiger charge is -2.23. The van der Waals surface area contributed by atoms with Crippen LogP contribution in [0.25, 0.3) is 0 Å². The van der Waals surface area contributed by atoms with Crippen molar-refractivity contribution in [2.75, 3.05) is 32.8 Å². The summed E-state index contributed by atoms with van der Waals surface area (Å²) in [6.07, 6.45) is 1.05. The second kappa shape index (κ2) is 8.48. The van der Waals surface area contributed by atoms with Crippen LogP contribution in [0.15, 0.2) is 0 Å². The van der Waals surface area contributed by atoms with E-state index in [1.807, 2.05) is 6.92 Å². The summed E-state index contributed by atoms with van der Waals surface area (Å²) in [5.41, 5.74) is 5.87. The Morgan fingerprint density at radius 1 is 1.31 bits per heavy atom. The van der Waals surface area contributed by atoms with Crippen LogP contribution in [0.4, 0.5) is 0 Å². The van der Waals surface area contributed by atoms with Gasteiger partial charge in [-0.15, -0.1) is 0 Å². The SMILES string of the molecule is CCOCCN(CC)CC(N)CC. The number of likely N-dealkylation sites (N-methyl/N-ethyl adjacent to an activating group) is 1. The summed E-state index contributed by atoms with van der Waals surface area (Å²) in [5.74, 6) is 0. The van der Waals surface area contributed by atoms with Crippen LogP contribution in [-0.2, 0) is 4.74 Å². The van der Waals surface area contributed by atoms with Gasteiger partial charge in [-0.05, 0) is 19.9 Å². The molecule has 13 heavy (non-hydrogen) atoms.